The van der Waals surface area contributed by atoms with Gasteiger partial charge in [0.25, 0.3) is 0 Å². The fraction of sp³-hybridized carbons (Fsp3) is 0.471. The summed E-state index contributed by atoms with van der Waals surface area (Å²) in [6.45, 7) is 1.44. The van der Waals surface area contributed by atoms with Crippen molar-refractivity contribution in [3.63, 3.8) is 0 Å². The fourth-order valence-corrected chi connectivity index (χ4v) is 2.95. The van der Waals surface area contributed by atoms with Crippen molar-refractivity contribution in [2.45, 2.75) is 38.1 Å². The van der Waals surface area contributed by atoms with E-state index in [0.29, 0.717) is 12.6 Å². The number of hydrogen-bond acceptors (Lipinski definition) is 2. The molecule has 0 bridgehead atoms. The zero-order valence-electron chi connectivity index (χ0n) is 12.3. The Hall–Kier alpha value is -1.97. The molecule has 1 aromatic rings. The predicted octanol–water partition coefficient (Wildman–Crippen LogP) is 2.91. The average Bonchev–Trinajstić information content (AvgIpc) is 2.54. The number of allylic oxidation sites excluding steroid dienone is 1. The van der Waals surface area contributed by atoms with Crippen molar-refractivity contribution in [1.29, 1.82) is 0 Å². The van der Waals surface area contributed by atoms with Gasteiger partial charge in [0, 0.05) is 12.0 Å². The van der Waals surface area contributed by atoms with Crippen LogP contribution >= 0.6 is 0 Å². The number of benzene rings is 1. The van der Waals surface area contributed by atoms with Crippen molar-refractivity contribution in [3.8, 4) is 5.75 Å². The van der Waals surface area contributed by atoms with E-state index in [-0.39, 0.29) is 6.04 Å². The van der Waals surface area contributed by atoms with E-state index in [1.165, 1.54) is 30.4 Å². The van der Waals surface area contributed by atoms with Crippen LogP contribution in [-0.4, -0.2) is 19.1 Å². The van der Waals surface area contributed by atoms with Gasteiger partial charge < -0.3 is 15.8 Å². The van der Waals surface area contributed by atoms with Crippen LogP contribution in [0.1, 0.15) is 43.7 Å². The van der Waals surface area contributed by atoms with Gasteiger partial charge in [-0.15, -0.1) is 0 Å². The molecule has 0 saturated heterocycles. The van der Waals surface area contributed by atoms with Crippen LogP contribution in [-0.2, 0) is 0 Å². The normalized spacial score (nSPS) is 22.0. The van der Waals surface area contributed by atoms with Gasteiger partial charge >= 0.3 is 0 Å². The molecule has 4 nitrogen and oxygen atoms in total. The summed E-state index contributed by atoms with van der Waals surface area (Å²) in [4.78, 5) is 4.49. The lowest BCUT2D eigenvalue weighted by atomic mass is 10.00. The van der Waals surface area contributed by atoms with E-state index in [4.69, 9.17) is 10.5 Å². The SMILES string of the molecule is NC(=NCC1=CCCCC1)NC1CCOc2ccccc21. The largest absolute Gasteiger partial charge is 0.493 e. The van der Waals surface area contributed by atoms with E-state index in [1.807, 2.05) is 18.2 Å². The molecule has 2 aliphatic rings. The molecule has 0 aromatic heterocycles. The van der Waals surface area contributed by atoms with E-state index in [1.54, 1.807) is 0 Å². The van der Waals surface area contributed by atoms with Crippen LogP contribution in [0.25, 0.3) is 0 Å². The molecule has 112 valence electrons. The van der Waals surface area contributed by atoms with Crippen molar-refractivity contribution in [3.05, 3.63) is 41.5 Å². The number of ether oxygens (including phenoxy) is 1. The third-order valence-corrected chi connectivity index (χ3v) is 4.12. The van der Waals surface area contributed by atoms with Gasteiger partial charge in [0.1, 0.15) is 5.75 Å². The molecule has 3 N–H and O–H groups in total. The standard InChI is InChI=1S/C17H23N3O/c18-17(19-12-13-6-2-1-3-7-13)20-15-10-11-21-16-9-5-4-8-14(15)16/h4-6,8-9,15H,1-3,7,10-12H2,(H3,18,19,20). The molecule has 1 aliphatic heterocycles. The molecule has 0 spiro atoms. The highest BCUT2D eigenvalue weighted by Crippen LogP contribution is 2.31. The second-order valence-electron chi connectivity index (χ2n) is 5.68. The number of para-hydroxylation sites is 1. The van der Waals surface area contributed by atoms with Crippen molar-refractivity contribution >= 4 is 5.96 Å². The summed E-state index contributed by atoms with van der Waals surface area (Å²) in [6, 6.07) is 8.31. The topological polar surface area (TPSA) is 59.6 Å². The molecule has 0 radical (unpaired) electrons. The summed E-state index contributed by atoms with van der Waals surface area (Å²) < 4.78 is 5.66. The smallest absolute Gasteiger partial charge is 0.189 e. The highest BCUT2D eigenvalue weighted by molar-refractivity contribution is 5.78. The molecule has 1 aliphatic carbocycles. The lowest BCUT2D eigenvalue weighted by Crippen LogP contribution is -2.37. The number of nitrogens with one attached hydrogen (secondary N) is 1. The third kappa shape index (κ3) is 3.57. The first-order valence-electron chi connectivity index (χ1n) is 7.79. The highest BCUT2D eigenvalue weighted by atomic mass is 16.5. The summed E-state index contributed by atoms with van der Waals surface area (Å²) in [5.74, 6) is 1.48. The second-order valence-corrected chi connectivity index (χ2v) is 5.68. The lowest BCUT2D eigenvalue weighted by Gasteiger charge is -2.27. The quantitative estimate of drug-likeness (QED) is 0.510. The Bertz CT molecular complexity index is 551. The first-order valence-corrected chi connectivity index (χ1v) is 7.79. The Balaban J connectivity index is 1.62. The van der Waals surface area contributed by atoms with Crippen LogP contribution in [0.15, 0.2) is 40.9 Å². The molecule has 1 aromatic carbocycles. The number of nitrogens with zero attached hydrogens (tertiary/aromatic N) is 1. The Morgan fingerprint density at radius 2 is 2.24 bits per heavy atom. The molecular formula is C17H23N3O. The van der Waals surface area contributed by atoms with Gasteiger partial charge in [-0.2, -0.15) is 0 Å². The van der Waals surface area contributed by atoms with Gasteiger partial charge in [-0.1, -0.05) is 29.8 Å². The van der Waals surface area contributed by atoms with Crippen LogP contribution in [0.5, 0.6) is 5.75 Å². The minimum Gasteiger partial charge on any atom is -0.493 e. The first kappa shape index (κ1) is 14.0. The average molecular weight is 285 g/mol. The zero-order chi connectivity index (χ0) is 14.5. The molecule has 21 heavy (non-hydrogen) atoms. The second kappa shape index (κ2) is 6.66. The fourth-order valence-electron chi connectivity index (χ4n) is 2.95. The number of guanidine groups is 1. The maximum Gasteiger partial charge on any atom is 0.189 e. The molecule has 0 saturated carbocycles. The maximum absolute atomic E-state index is 6.05. The molecular weight excluding hydrogens is 262 g/mol. The van der Waals surface area contributed by atoms with E-state index >= 15 is 0 Å². The first-order chi connectivity index (χ1) is 10.3. The Morgan fingerprint density at radius 3 is 3.10 bits per heavy atom. The number of rotatable bonds is 3. The molecule has 3 rings (SSSR count). The van der Waals surface area contributed by atoms with Gasteiger partial charge in [0.05, 0.1) is 19.2 Å². The minimum absolute atomic E-state index is 0.194. The Kier molecular flexibility index (Phi) is 4.43. The third-order valence-electron chi connectivity index (χ3n) is 4.12. The number of aliphatic imine (C=N–C) groups is 1. The van der Waals surface area contributed by atoms with Crippen molar-refractivity contribution in [2.75, 3.05) is 13.2 Å². The zero-order valence-corrected chi connectivity index (χ0v) is 12.3. The van der Waals surface area contributed by atoms with E-state index in [0.717, 1.165) is 25.1 Å². The van der Waals surface area contributed by atoms with Crippen molar-refractivity contribution in [1.82, 2.24) is 5.32 Å². The van der Waals surface area contributed by atoms with Crippen LogP contribution in [0, 0.1) is 0 Å². The van der Waals surface area contributed by atoms with Crippen molar-refractivity contribution in [2.24, 2.45) is 10.7 Å². The molecule has 1 atom stereocenters. The van der Waals surface area contributed by atoms with Crippen LogP contribution in [0.3, 0.4) is 0 Å². The minimum atomic E-state index is 0.194. The summed E-state index contributed by atoms with van der Waals surface area (Å²) in [5.41, 5.74) is 8.63. The van der Waals surface area contributed by atoms with Crippen LogP contribution < -0.4 is 15.8 Å². The number of nitrogens with two attached hydrogens (primary N) is 1. The summed E-state index contributed by atoms with van der Waals surface area (Å²) in [6.07, 6.45) is 8.16. The summed E-state index contributed by atoms with van der Waals surface area (Å²) >= 11 is 0. The molecule has 0 amide bonds. The molecule has 1 heterocycles. The van der Waals surface area contributed by atoms with Gasteiger partial charge in [0.15, 0.2) is 5.96 Å². The lowest BCUT2D eigenvalue weighted by molar-refractivity contribution is 0.262. The van der Waals surface area contributed by atoms with E-state index in [2.05, 4.69) is 22.5 Å². The molecule has 1 unspecified atom stereocenters. The summed E-state index contributed by atoms with van der Waals surface area (Å²) in [5, 5.41) is 3.34. The van der Waals surface area contributed by atoms with Gasteiger partial charge in [-0.25, -0.2) is 4.99 Å². The summed E-state index contributed by atoms with van der Waals surface area (Å²) in [7, 11) is 0. The molecule has 4 heteroatoms. The number of hydrogen-bond donors (Lipinski definition) is 2. The van der Waals surface area contributed by atoms with E-state index in [9.17, 15) is 0 Å². The monoisotopic (exact) mass is 285 g/mol. The van der Waals surface area contributed by atoms with Crippen LogP contribution in [0.4, 0.5) is 0 Å². The van der Waals surface area contributed by atoms with Gasteiger partial charge in [-0.3, -0.25) is 0 Å². The molecule has 0 fully saturated rings. The Morgan fingerprint density at radius 1 is 1.33 bits per heavy atom. The highest BCUT2D eigenvalue weighted by Gasteiger charge is 2.21. The van der Waals surface area contributed by atoms with Crippen molar-refractivity contribution < 1.29 is 4.74 Å². The van der Waals surface area contributed by atoms with Crippen LogP contribution in [0.2, 0.25) is 0 Å². The predicted molar refractivity (Wildman–Crippen MR) is 85.5 cm³/mol. The van der Waals surface area contributed by atoms with Gasteiger partial charge in [-0.05, 0) is 31.7 Å². The van der Waals surface area contributed by atoms with E-state index < -0.39 is 0 Å². The number of fused-ring (bicyclic) bond motifs is 1. The van der Waals surface area contributed by atoms with Gasteiger partial charge in [0.2, 0.25) is 0 Å². The Labute approximate surface area is 126 Å². The maximum atomic E-state index is 6.05.